The number of halogens is 4. The van der Waals surface area contributed by atoms with Crippen molar-refractivity contribution in [2.75, 3.05) is 24.7 Å². The number of carbonyl (C=O) groups is 1. The summed E-state index contributed by atoms with van der Waals surface area (Å²) in [6.07, 6.45) is 4.01. The minimum absolute atomic E-state index is 0.0572. The van der Waals surface area contributed by atoms with E-state index in [1.54, 1.807) is 13.8 Å². The highest BCUT2D eigenvalue weighted by molar-refractivity contribution is 5.95. The summed E-state index contributed by atoms with van der Waals surface area (Å²) in [7, 11) is 4.14. The van der Waals surface area contributed by atoms with Crippen molar-refractivity contribution in [3.8, 4) is 11.1 Å². The van der Waals surface area contributed by atoms with Crippen LogP contribution in [0.25, 0.3) is 22.2 Å². The van der Waals surface area contributed by atoms with Crippen LogP contribution in [-0.2, 0) is 4.79 Å². The summed E-state index contributed by atoms with van der Waals surface area (Å²) in [5.41, 5.74) is -2.30. The van der Waals surface area contributed by atoms with E-state index in [4.69, 9.17) is 0 Å². The standard InChI is InChI=1S/C28H32F4N6O2/c1-13(2)38-25-14(12-33-28(36-25)34-15-5-7-16(8-6-15)37(3)4)9-18(27(38)40)17-10-21(30)24(23(32)22(17)31)35-26(39)19-11-20(19)29/h9-10,12-13,15-16,19-20H,5-8,11H2,1-4H3,(H,35,39)(H,33,34,36)/t15-,16-,19?,20?. The molecule has 214 valence electrons. The van der Waals surface area contributed by atoms with Crippen LogP contribution in [0.3, 0.4) is 0 Å². The van der Waals surface area contributed by atoms with Gasteiger partial charge in [0.2, 0.25) is 11.9 Å². The fourth-order valence-electron chi connectivity index (χ4n) is 5.34. The van der Waals surface area contributed by atoms with Gasteiger partial charge in [-0.1, -0.05) is 0 Å². The molecule has 2 heterocycles. The van der Waals surface area contributed by atoms with Gasteiger partial charge in [-0.25, -0.2) is 22.5 Å². The van der Waals surface area contributed by atoms with Gasteiger partial charge >= 0.3 is 0 Å². The van der Waals surface area contributed by atoms with E-state index in [9.17, 15) is 22.8 Å². The molecule has 2 aliphatic rings. The number of nitrogens with zero attached hydrogens (tertiary/aromatic N) is 4. The number of benzene rings is 1. The van der Waals surface area contributed by atoms with Crippen molar-refractivity contribution in [3.63, 3.8) is 0 Å². The van der Waals surface area contributed by atoms with E-state index in [0.29, 0.717) is 29.1 Å². The van der Waals surface area contributed by atoms with Crippen molar-refractivity contribution in [3.05, 3.63) is 46.1 Å². The quantitative estimate of drug-likeness (QED) is 0.311. The van der Waals surface area contributed by atoms with Gasteiger partial charge in [0.25, 0.3) is 5.56 Å². The molecule has 8 nitrogen and oxygen atoms in total. The van der Waals surface area contributed by atoms with Gasteiger partial charge < -0.3 is 15.5 Å². The number of hydrogen-bond acceptors (Lipinski definition) is 6. The van der Waals surface area contributed by atoms with Crippen molar-refractivity contribution in [1.82, 2.24) is 19.4 Å². The predicted octanol–water partition coefficient (Wildman–Crippen LogP) is 5.04. The molecule has 0 radical (unpaired) electrons. The Labute approximate surface area is 228 Å². The third-order valence-corrected chi connectivity index (χ3v) is 7.80. The van der Waals surface area contributed by atoms with Crippen LogP contribution in [0.4, 0.5) is 29.2 Å². The third kappa shape index (κ3) is 5.28. The minimum atomic E-state index is -1.67. The first-order valence-corrected chi connectivity index (χ1v) is 13.4. The number of anilines is 2. The number of alkyl halides is 1. The Balaban J connectivity index is 1.49. The Morgan fingerprint density at radius 2 is 1.75 bits per heavy atom. The van der Waals surface area contributed by atoms with Gasteiger partial charge in [-0.2, -0.15) is 4.98 Å². The average Bonchev–Trinajstić information content (AvgIpc) is 3.65. The third-order valence-electron chi connectivity index (χ3n) is 7.80. The van der Waals surface area contributed by atoms with Crippen LogP contribution in [-0.4, -0.2) is 57.7 Å². The molecule has 0 spiro atoms. The zero-order chi connectivity index (χ0) is 28.9. The van der Waals surface area contributed by atoms with Gasteiger partial charge in [-0.3, -0.25) is 14.2 Å². The van der Waals surface area contributed by atoms with Crippen molar-refractivity contribution in [2.45, 2.75) is 70.2 Å². The first-order valence-electron chi connectivity index (χ1n) is 13.4. The number of hydrogen-bond donors (Lipinski definition) is 2. The van der Waals surface area contributed by atoms with Gasteiger partial charge in [-0.15, -0.1) is 0 Å². The Bertz CT molecular complexity index is 1520. The van der Waals surface area contributed by atoms with E-state index in [0.717, 1.165) is 25.7 Å². The Kier molecular flexibility index (Phi) is 7.56. The van der Waals surface area contributed by atoms with Gasteiger partial charge in [0.15, 0.2) is 17.5 Å². The predicted molar refractivity (Wildman–Crippen MR) is 144 cm³/mol. The first kappa shape index (κ1) is 28.0. The Morgan fingerprint density at radius 1 is 1.07 bits per heavy atom. The summed E-state index contributed by atoms with van der Waals surface area (Å²) >= 11 is 0. The minimum Gasteiger partial charge on any atom is -0.351 e. The van der Waals surface area contributed by atoms with Crippen LogP contribution in [0.15, 0.2) is 23.1 Å². The van der Waals surface area contributed by atoms with E-state index in [1.165, 1.54) is 16.8 Å². The van der Waals surface area contributed by atoms with Crippen LogP contribution >= 0.6 is 0 Å². The topological polar surface area (TPSA) is 92.1 Å². The molecule has 3 aromatic rings. The maximum atomic E-state index is 15.2. The van der Waals surface area contributed by atoms with E-state index in [1.807, 2.05) is 5.32 Å². The second-order valence-electron chi connectivity index (χ2n) is 11.2. The van der Waals surface area contributed by atoms with Crippen molar-refractivity contribution >= 4 is 28.6 Å². The molecule has 40 heavy (non-hydrogen) atoms. The van der Waals surface area contributed by atoms with Crippen molar-refractivity contribution < 1.29 is 22.4 Å². The lowest BCUT2D eigenvalue weighted by Gasteiger charge is -2.33. The fraction of sp³-hybridized carbons (Fsp3) is 0.500. The summed E-state index contributed by atoms with van der Waals surface area (Å²) < 4.78 is 59.6. The molecule has 2 fully saturated rings. The van der Waals surface area contributed by atoms with E-state index < -0.39 is 58.3 Å². The molecule has 2 unspecified atom stereocenters. The van der Waals surface area contributed by atoms with Crippen LogP contribution in [0.2, 0.25) is 0 Å². The van der Waals surface area contributed by atoms with Crippen LogP contribution in [0, 0.1) is 23.4 Å². The number of fused-ring (bicyclic) bond motifs is 1. The Hall–Kier alpha value is -3.54. The molecule has 12 heteroatoms. The number of amides is 1. The number of aromatic nitrogens is 3. The van der Waals surface area contributed by atoms with E-state index in [2.05, 4.69) is 34.3 Å². The average molecular weight is 561 g/mol. The highest BCUT2D eigenvalue weighted by atomic mass is 19.2. The lowest BCUT2D eigenvalue weighted by atomic mass is 9.91. The summed E-state index contributed by atoms with van der Waals surface area (Å²) in [5, 5.41) is 5.66. The normalized spacial score (nSPS) is 22.6. The summed E-state index contributed by atoms with van der Waals surface area (Å²) in [6.45, 7) is 3.49. The van der Waals surface area contributed by atoms with Crippen LogP contribution in [0.1, 0.15) is 52.0 Å². The summed E-state index contributed by atoms with van der Waals surface area (Å²) in [6, 6.07) is 2.25. The molecule has 0 aliphatic heterocycles. The zero-order valence-corrected chi connectivity index (χ0v) is 22.8. The monoisotopic (exact) mass is 560 g/mol. The maximum Gasteiger partial charge on any atom is 0.260 e. The summed E-state index contributed by atoms with van der Waals surface area (Å²) in [5.74, 6) is -6.06. The molecule has 2 atom stereocenters. The van der Waals surface area contributed by atoms with Crippen molar-refractivity contribution in [1.29, 1.82) is 0 Å². The van der Waals surface area contributed by atoms with E-state index >= 15 is 4.39 Å². The van der Waals surface area contributed by atoms with E-state index in [-0.39, 0.29) is 18.0 Å². The SMILES string of the molecule is CC(C)n1c(=O)c(-c2cc(F)c(NC(=O)C3CC3F)c(F)c2F)cc2cnc(N[C@H]3CC[C@H](N(C)C)CC3)nc21. The zero-order valence-electron chi connectivity index (χ0n) is 22.8. The molecule has 2 aliphatic carbocycles. The number of carbonyl (C=O) groups excluding carboxylic acids is 1. The smallest absolute Gasteiger partial charge is 0.260 e. The van der Waals surface area contributed by atoms with Crippen molar-refractivity contribution in [2.24, 2.45) is 5.92 Å². The summed E-state index contributed by atoms with van der Waals surface area (Å²) in [4.78, 5) is 36.7. The molecule has 0 bridgehead atoms. The molecule has 0 saturated heterocycles. The highest BCUT2D eigenvalue weighted by Gasteiger charge is 2.44. The second-order valence-corrected chi connectivity index (χ2v) is 11.2. The molecule has 1 aromatic carbocycles. The van der Waals surface area contributed by atoms with Crippen LogP contribution in [0.5, 0.6) is 0 Å². The number of pyridine rings is 1. The molecule has 2 aromatic heterocycles. The largest absolute Gasteiger partial charge is 0.351 e. The molecule has 2 N–H and O–H groups in total. The molecular weight excluding hydrogens is 528 g/mol. The Morgan fingerprint density at radius 3 is 2.35 bits per heavy atom. The number of nitrogens with one attached hydrogen (secondary N) is 2. The van der Waals surface area contributed by atoms with Gasteiger partial charge in [0.05, 0.1) is 11.5 Å². The fourth-order valence-corrected chi connectivity index (χ4v) is 5.34. The molecule has 1 amide bonds. The molecule has 5 rings (SSSR count). The molecule has 2 saturated carbocycles. The second kappa shape index (κ2) is 10.8. The lowest BCUT2D eigenvalue weighted by molar-refractivity contribution is -0.117. The lowest BCUT2D eigenvalue weighted by Crippen LogP contribution is -2.36. The van der Waals surface area contributed by atoms with Gasteiger partial charge in [-0.05, 0) is 72.2 Å². The van der Waals surface area contributed by atoms with Crippen LogP contribution < -0.4 is 16.2 Å². The number of rotatable bonds is 7. The van der Waals surface area contributed by atoms with Gasteiger partial charge in [0.1, 0.15) is 17.5 Å². The molecular formula is C28H32F4N6O2. The van der Waals surface area contributed by atoms with Gasteiger partial charge in [0, 0.05) is 35.3 Å². The first-order chi connectivity index (χ1) is 19.0. The highest BCUT2D eigenvalue weighted by Crippen LogP contribution is 2.37. The maximum absolute atomic E-state index is 15.2.